The Labute approximate surface area is 141 Å². The SMILES string of the molecule is O=C1c2cc([N+](=O)[O-])ccc2-c2c(Br)cc([N+](=O)[O-])cc2C1(O)O. The molecule has 0 heterocycles. The third-order valence-corrected chi connectivity index (χ3v) is 4.33. The predicted molar refractivity (Wildman–Crippen MR) is 83.3 cm³/mol. The van der Waals surface area contributed by atoms with Gasteiger partial charge >= 0.3 is 0 Å². The van der Waals surface area contributed by atoms with E-state index in [4.69, 9.17) is 0 Å². The van der Waals surface area contributed by atoms with Crippen LogP contribution in [0.5, 0.6) is 0 Å². The molecule has 0 unspecified atom stereocenters. The molecule has 0 aliphatic heterocycles. The molecule has 1 aliphatic carbocycles. The Morgan fingerprint density at radius 2 is 1.58 bits per heavy atom. The second kappa shape index (κ2) is 5.16. The minimum Gasteiger partial charge on any atom is -0.356 e. The molecule has 0 fully saturated rings. The van der Waals surface area contributed by atoms with Gasteiger partial charge in [0.1, 0.15) is 0 Å². The molecule has 0 amide bonds. The molecule has 0 saturated carbocycles. The van der Waals surface area contributed by atoms with Gasteiger partial charge in [-0.25, -0.2) is 0 Å². The number of nitrogens with zero attached hydrogens (tertiary/aromatic N) is 2. The number of carbonyl (C=O) groups is 1. The number of hydrogen-bond acceptors (Lipinski definition) is 7. The van der Waals surface area contributed by atoms with E-state index in [1.165, 1.54) is 6.07 Å². The first-order chi connectivity index (χ1) is 11.1. The number of benzene rings is 2. The van der Waals surface area contributed by atoms with Gasteiger partial charge in [0.05, 0.1) is 9.85 Å². The van der Waals surface area contributed by atoms with Crippen LogP contribution in [0.3, 0.4) is 0 Å². The van der Waals surface area contributed by atoms with E-state index < -0.39 is 27.1 Å². The number of ketones is 1. The molecule has 122 valence electrons. The predicted octanol–water partition coefficient (Wildman–Crippen LogP) is 2.27. The van der Waals surface area contributed by atoms with Crippen LogP contribution < -0.4 is 0 Å². The molecule has 3 rings (SSSR count). The number of non-ortho nitro benzene ring substituents is 2. The van der Waals surface area contributed by atoms with Crippen LogP contribution in [0.2, 0.25) is 0 Å². The van der Waals surface area contributed by atoms with E-state index in [2.05, 4.69) is 15.9 Å². The maximum absolute atomic E-state index is 12.4. The summed E-state index contributed by atoms with van der Waals surface area (Å²) < 4.78 is 0.154. The first-order valence-corrected chi connectivity index (χ1v) is 7.20. The van der Waals surface area contributed by atoms with Gasteiger partial charge in [0.25, 0.3) is 17.2 Å². The summed E-state index contributed by atoms with van der Waals surface area (Å²) in [6, 6.07) is 5.43. The van der Waals surface area contributed by atoms with Crippen molar-refractivity contribution in [2.24, 2.45) is 0 Å². The van der Waals surface area contributed by atoms with Crippen LogP contribution in [0.15, 0.2) is 34.8 Å². The van der Waals surface area contributed by atoms with Crippen molar-refractivity contribution in [3.05, 3.63) is 66.2 Å². The van der Waals surface area contributed by atoms with Crippen LogP contribution in [-0.2, 0) is 5.79 Å². The van der Waals surface area contributed by atoms with Gasteiger partial charge in [-0.2, -0.15) is 0 Å². The molecular weight excluding hydrogens is 388 g/mol. The lowest BCUT2D eigenvalue weighted by Crippen LogP contribution is -2.39. The van der Waals surface area contributed by atoms with Gasteiger partial charge in [-0.05, 0) is 27.6 Å². The quantitative estimate of drug-likeness (QED) is 0.451. The number of rotatable bonds is 2. The molecule has 10 heteroatoms. The largest absolute Gasteiger partial charge is 0.356 e. The normalized spacial score (nSPS) is 14.7. The van der Waals surface area contributed by atoms with E-state index >= 15 is 0 Å². The van der Waals surface area contributed by atoms with E-state index in [-0.39, 0.29) is 32.4 Å². The summed E-state index contributed by atoms with van der Waals surface area (Å²) in [4.78, 5) is 32.7. The molecule has 0 bridgehead atoms. The number of carbonyl (C=O) groups excluding carboxylic acids is 1. The van der Waals surface area contributed by atoms with Crippen molar-refractivity contribution in [2.45, 2.75) is 5.79 Å². The standard InChI is InChI=1S/C14H7BrN2O7/c15-11-5-7(17(23)24)4-10-12(11)8-2-1-6(16(21)22)3-9(8)13(18)14(10,19)20/h1-5,19-20H. The fourth-order valence-corrected chi connectivity index (χ4v) is 3.27. The first kappa shape index (κ1) is 16.2. The number of nitro groups is 2. The third-order valence-electron chi connectivity index (χ3n) is 3.71. The second-order valence-corrected chi connectivity index (χ2v) is 5.95. The van der Waals surface area contributed by atoms with Crippen LogP contribution >= 0.6 is 15.9 Å². The summed E-state index contributed by atoms with van der Waals surface area (Å²) in [6.07, 6.45) is 0. The average molecular weight is 395 g/mol. The summed E-state index contributed by atoms with van der Waals surface area (Å²) in [5, 5.41) is 42.2. The fraction of sp³-hybridized carbons (Fsp3) is 0.0714. The molecule has 0 spiro atoms. The Morgan fingerprint density at radius 1 is 0.958 bits per heavy atom. The monoisotopic (exact) mass is 394 g/mol. The zero-order chi connectivity index (χ0) is 17.8. The van der Waals surface area contributed by atoms with Crippen molar-refractivity contribution in [1.29, 1.82) is 0 Å². The van der Waals surface area contributed by atoms with Crippen molar-refractivity contribution in [1.82, 2.24) is 0 Å². The first-order valence-electron chi connectivity index (χ1n) is 6.41. The Morgan fingerprint density at radius 3 is 2.17 bits per heavy atom. The van der Waals surface area contributed by atoms with E-state index in [9.17, 15) is 35.2 Å². The number of halogens is 1. The van der Waals surface area contributed by atoms with Gasteiger partial charge in [-0.1, -0.05) is 0 Å². The number of Topliss-reactive ketones (excluding diaryl/α,β-unsaturated/α-hetero) is 1. The molecule has 24 heavy (non-hydrogen) atoms. The van der Waals surface area contributed by atoms with Gasteiger partial charge in [-0.15, -0.1) is 0 Å². The molecule has 9 nitrogen and oxygen atoms in total. The van der Waals surface area contributed by atoms with E-state index in [1.54, 1.807) is 0 Å². The molecular formula is C14H7BrN2O7. The molecule has 0 aromatic heterocycles. The molecule has 1 aliphatic rings. The van der Waals surface area contributed by atoms with Gasteiger partial charge in [0, 0.05) is 45.4 Å². The number of hydrogen-bond donors (Lipinski definition) is 2. The van der Waals surface area contributed by atoms with Gasteiger partial charge in [-0.3, -0.25) is 25.0 Å². The molecule has 2 N–H and O–H groups in total. The highest BCUT2D eigenvalue weighted by Crippen LogP contribution is 2.46. The van der Waals surface area contributed by atoms with E-state index in [1.807, 2.05) is 0 Å². The second-order valence-electron chi connectivity index (χ2n) is 5.10. The Kier molecular flexibility index (Phi) is 3.48. The summed E-state index contributed by atoms with van der Waals surface area (Å²) in [5.41, 5.74) is -1.09. The summed E-state index contributed by atoms with van der Waals surface area (Å²) >= 11 is 3.12. The van der Waals surface area contributed by atoms with Crippen molar-refractivity contribution in [3.63, 3.8) is 0 Å². The lowest BCUT2D eigenvalue weighted by Gasteiger charge is -2.30. The lowest BCUT2D eigenvalue weighted by atomic mass is 9.80. The number of aliphatic hydroxyl groups is 2. The zero-order valence-corrected chi connectivity index (χ0v) is 13.2. The maximum Gasteiger partial charge on any atom is 0.271 e. The summed E-state index contributed by atoms with van der Waals surface area (Å²) in [5.74, 6) is -4.23. The Balaban J connectivity index is 2.39. The minimum absolute atomic E-state index is 0.148. The Hall–Kier alpha value is -2.69. The van der Waals surface area contributed by atoms with Crippen LogP contribution in [0.25, 0.3) is 11.1 Å². The molecule has 0 atom stereocenters. The van der Waals surface area contributed by atoms with Crippen LogP contribution in [-0.4, -0.2) is 25.8 Å². The Bertz CT molecular complexity index is 939. The van der Waals surface area contributed by atoms with Crippen molar-refractivity contribution in [2.75, 3.05) is 0 Å². The maximum atomic E-state index is 12.4. The van der Waals surface area contributed by atoms with E-state index in [0.717, 1.165) is 24.3 Å². The highest BCUT2D eigenvalue weighted by molar-refractivity contribution is 9.10. The molecule has 2 aromatic rings. The van der Waals surface area contributed by atoms with Crippen molar-refractivity contribution >= 4 is 33.1 Å². The number of nitro benzene ring substituents is 2. The zero-order valence-electron chi connectivity index (χ0n) is 11.6. The summed E-state index contributed by atoms with van der Waals surface area (Å²) in [7, 11) is 0. The highest BCUT2D eigenvalue weighted by atomic mass is 79.9. The topological polar surface area (TPSA) is 144 Å². The van der Waals surface area contributed by atoms with Crippen LogP contribution in [0, 0.1) is 20.2 Å². The fourth-order valence-electron chi connectivity index (χ4n) is 2.61. The minimum atomic E-state index is -3.04. The van der Waals surface area contributed by atoms with Crippen LogP contribution in [0.4, 0.5) is 11.4 Å². The molecule has 0 saturated heterocycles. The van der Waals surface area contributed by atoms with Gasteiger partial charge in [0.2, 0.25) is 5.78 Å². The number of fused-ring (bicyclic) bond motifs is 3. The van der Waals surface area contributed by atoms with Crippen molar-refractivity contribution in [3.8, 4) is 11.1 Å². The molecule has 2 aromatic carbocycles. The van der Waals surface area contributed by atoms with Crippen LogP contribution in [0.1, 0.15) is 15.9 Å². The lowest BCUT2D eigenvalue weighted by molar-refractivity contribution is -0.385. The van der Waals surface area contributed by atoms with Gasteiger partial charge < -0.3 is 10.2 Å². The smallest absolute Gasteiger partial charge is 0.271 e. The average Bonchev–Trinajstić information content (AvgIpc) is 2.51. The summed E-state index contributed by atoms with van der Waals surface area (Å²) in [6.45, 7) is 0. The molecule has 0 radical (unpaired) electrons. The van der Waals surface area contributed by atoms with Crippen molar-refractivity contribution < 1.29 is 24.9 Å². The van der Waals surface area contributed by atoms with E-state index in [0.29, 0.717) is 0 Å². The van der Waals surface area contributed by atoms with Gasteiger partial charge in [0.15, 0.2) is 0 Å². The third kappa shape index (κ3) is 2.19. The highest BCUT2D eigenvalue weighted by Gasteiger charge is 2.45.